The first-order valence-corrected chi connectivity index (χ1v) is 6.91. The van der Waals surface area contributed by atoms with Crippen molar-refractivity contribution >= 4 is 17.6 Å². The van der Waals surface area contributed by atoms with E-state index in [4.69, 9.17) is 4.74 Å². The Bertz CT molecular complexity index is 476. The number of hydrogen-bond donors (Lipinski definition) is 2. The van der Waals surface area contributed by atoms with Gasteiger partial charge in [-0.15, -0.1) is 0 Å². The maximum Gasteiger partial charge on any atom is 0.338 e. The average molecular weight is 276 g/mol. The zero-order valence-corrected chi connectivity index (χ0v) is 11.8. The van der Waals surface area contributed by atoms with Crippen LogP contribution in [0.3, 0.4) is 0 Å². The van der Waals surface area contributed by atoms with E-state index in [1.54, 1.807) is 38.1 Å². The summed E-state index contributed by atoms with van der Waals surface area (Å²) in [5.41, 5.74) is 1.17. The number of hydrogen-bond acceptors (Lipinski definition) is 4. The predicted molar refractivity (Wildman–Crippen MR) is 76.6 cm³/mol. The van der Waals surface area contributed by atoms with Crippen molar-refractivity contribution in [3.05, 3.63) is 29.8 Å². The van der Waals surface area contributed by atoms with Gasteiger partial charge in [0.2, 0.25) is 5.91 Å². The summed E-state index contributed by atoms with van der Waals surface area (Å²) in [6.45, 7) is 4.50. The lowest BCUT2D eigenvalue weighted by atomic mass is 10.2. The third kappa shape index (κ3) is 3.81. The summed E-state index contributed by atoms with van der Waals surface area (Å²) in [5.74, 6) is -0.379. The van der Waals surface area contributed by atoms with Crippen LogP contribution in [-0.2, 0) is 9.53 Å². The van der Waals surface area contributed by atoms with Crippen LogP contribution in [-0.4, -0.2) is 30.6 Å². The van der Waals surface area contributed by atoms with Gasteiger partial charge in [0.25, 0.3) is 0 Å². The Morgan fingerprint density at radius 2 is 2.00 bits per heavy atom. The van der Waals surface area contributed by atoms with Crippen molar-refractivity contribution in [1.82, 2.24) is 5.32 Å². The second-order valence-electron chi connectivity index (χ2n) is 5.17. The molecular formula is C15H20N2O3. The molecule has 2 rings (SSSR count). The van der Waals surface area contributed by atoms with E-state index in [2.05, 4.69) is 10.6 Å². The molecule has 1 aliphatic heterocycles. The molecule has 0 spiro atoms. The minimum Gasteiger partial charge on any atom is -0.459 e. The molecule has 1 aliphatic rings. The number of carbonyl (C=O) groups is 2. The molecule has 0 unspecified atom stereocenters. The average Bonchev–Trinajstić information content (AvgIpc) is 2.92. The van der Waals surface area contributed by atoms with Gasteiger partial charge in [0.1, 0.15) is 0 Å². The van der Waals surface area contributed by atoms with Crippen LogP contribution in [0.2, 0.25) is 0 Å². The summed E-state index contributed by atoms with van der Waals surface area (Å²) < 4.78 is 5.10. The first-order chi connectivity index (χ1) is 9.56. The standard InChI is InChI=1S/C15H20N2O3/c1-10(2)20-15(19)11-5-7-12(8-6-11)17-14(18)13-4-3-9-16-13/h5-8,10,13,16H,3-4,9H2,1-2H3,(H,17,18)/t13-/m0/s1. The fourth-order valence-corrected chi connectivity index (χ4v) is 2.11. The molecule has 0 radical (unpaired) electrons. The van der Waals surface area contributed by atoms with E-state index in [0.29, 0.717) is 11.3 Å². The third-order valence-corrected chi connectivity index (χ3v) is 3.11. The number of esters is 1. The molecule has 20 heavy (non-hydrogen) atoms. The molecule has 1 amide bonds. The first-order valence-electron chi connectivity index (χ1n) is 6.91. The summed E-state index contributed by atoms with van der Waals surface area (Å²) in [4.78, 5) is 23.6. The van der Waals surface area contributed by atoms with Crippen LogP contribution in [0.25, 0.3) is 0 Å². The van der Waals surface area contributed by atoms with Crippen LogP contribution in [0.4, 0.5) is 5.69 Å². The first kappa shape index (κ1) is 14.5. The third-order valence-electron chi connectivity index (χ3n) is 3.11. The number of nitrogens with one attached hydrogen (secondary N) is 2. The molecule has 1 atom stereocenters. The molecule has 1 saturated heterocycles. The van der Waals surface area contributed by atoms with E-state index in [1.165, 1.54) is 0 Å². The zero-order chi connectivity index (χ0) is 14.5. The SMILES string of the molecule is CC(C)OC(=O)c1ccc(NC(=O)[C@@H]2CCCN2)cc1. The topological polar surface area (TPSA) is 67.4 Å². The van der Waals surface area contributed by atoms with Crippen molar-refractivity contribution in [3.8, 4) is 0 Å². The molecule has 1 heterocycles. The summed E-state index contributed by atoms with van der Waals surface area (Å²) >= 11 is 0. The minimum atomic E-state index is -0.352. The van der Waals surface area contributed by atoms with Crippen LogP contribution < -0.4 is 10.6 Å². The van der Waals surface area contributed by atoms with E-state index in [9.17, 15) is 9.59 Å². The Morgan fingerprint density at radius 3 is 2.55 bits per heavy atom. The summed E-state index contributed by atoms with van der Waals surface area (Å²) in [7, 11) is 0. The van der Waals surface area contributed by atoms with Crippen LogP contribution in [0, 0.1) is 0 Å². The van der Waals surface area contributed by atoms with Gasteiger partial charge in [-0.25, -0.2) is 4.79 Å². The lowest BCUT2D eigenvalue weighted by molar-refractivity contribution is -0.117. The van der Waals surface area contributed by atoms with Gasteiger partial charge in [-0.3, -0.25) is 4.79 Å². The molecule has 1 aromatic rings. The highest BCUT2D eigenvalue weighted by Gasteiger charge is 2.21. The van der Waals surface area contributed by atoms with Gasteiger partial charge < -0.3 is 15.4 Å². The lowest BCUT2D eigenvalue weighted by Gasteiger charge is -2.12. The molecule has 0 aromatic heterocycles. The molecule has 0 bridgehead atoms. The summed E-state index contributed by atoms with van der Waals surface area (Å²) in [5, 5.41) is 5.98. The highest BCUT2D eigenvalue weighted by Crippen LogP contribution is 2.13. The molecule has 108 valence electrons. The van der Waals surface area contributed by atoms with Crippen molar-refractivity contribution in [2.75, 3.05) is 11.9 Å². The number of ether oxygens (including phenoxy) is 1. The Balaban J connectivity index is 1.94. The molecule has 1 fully saturated rings. The quantitative estimate of drug-likeness (QED) is 0.825. The van der Waals surface area contributed by atoms with Gasteiger partial charge in [-0.05, 0) is 57.5 Å². The molecule has 1 aromatic carbocycles. The van der Waals surface area contributed by atoms with E-state index in [-0.39, 0.29) is 24.0 Å². The minimum absolute atomic E-state index is 0.0278. The normalized spacial score (nSPS) is 18.1. The van der Waals surface area contributed by atoms with Gasteiger partial charge >= 0.3 is 5.97 Å². The van der Waals surface area contributed by atoms with E-state index in [0.717, 1.165) is 19.4 Å². The lowest BCUT2D eigenvalue weighted by Crippen LogP contribution is -2.35. The van der Waals surface area contributed by atoms with Crippen LogP contribution >= 0.6 is 0 Å². The van der Waals surface area contributed by atoms with Crippen LogP contribution in [0.15, 0.2) is 24.3 Å². The van der Waals surface area contributed by atoms with E-state index >= 15 is 0 Å². The van der Waals surface area contributed by atoms with Gasteiger partial charge in [-0.2, -0.15) is 0 Å². The Morgan fingerprint density at radius 1 is 1.30 bits per heavy atom. The Labute approximate surface area is 118 Å². The van der Waals surface area contributed by atoms with E-state index in [1.807, 2.05) is 0 Å². The summed E-state index contributed by atoms with van der Waals surface area (Å²) in [6.07, 6.45) is 1.75. The van der Waals surface area contributed by atoms with Crippen molar-refractivity contribution in [2.24, 2.45) is 0 Å². The Kier molecular flexibility index (Phi) is 4.74. The second kappa shape index (κ2) is 6.52. The smallest absolute Gasteiger partial charge is 0.338 e. The van der Waals surface area contributed by atoms with Crippen molar-refractivity contribution in [3.63, 3.8) is 0 Å². The molecule has 0 saturated carbocycles. The fourth-order valence-electron chi connectivity index (χ4n) is 2.11. The molecule has 5 heteroatoms. The van der Waals surface area contributed by atoms with Gasteiger partial charge in [-0.1, -0.05) is 0 Å². The molecular weight excluding hydrogens is 256 g/mol. The zero-order valence-electron chi connectivity index (χ0n) is 11.8. The number of carbonyl (C=O) groups excluding carboxylic acids is 2. The number of benzene rings is 1. The largest absolute Gasteiger partial charge is 0.459 e. The number of amides is 1. The van der Waals surface area contributed by atoms with Gasteiger partial charge in [0, 0.05) is 5.69 Å². The summed E-state index contributed by atoms with van der Waals surface area (Å²) in [6, 6.07) is 6.62. The van der Waals surface area contributed by atoms with Crippen molar-refractivity contribution in [2.45, 2.75) is 38.8 Å². The van der Waals surface area contributed by atoms with Crippen molar-refractivity contribution in [1.29, 1.82) is 0 Å². The molecule has 5 nitrogen and oxygen atoms in total. The van der Waals surface area contributed by atoms with Crippen molar-refractivity contribution < 1.29 is 14.3 Å². The Hall–Kier alpha value is -1.88. The fraction of sp³-hybridized carbons (Fsp3) is 0.467. The van der Waals surface area contributed by atoms with Gasteiger partial charge in [0.05, 0.1) is 17.7 Å². The second-order valence-corrected chi connectivity index (χ2v) is 5.17. The molecule has 0 aliphatic carbocycles. The van der Waals surface area contributed by atoms with Gasteiger partial charge in [0.15, 0.2) is 0 Å². The van der Waals surface area contributed by atoms with Crippen LogP contribution in [0.1, 0.15) is 37.0 Å². The predicted octanol–water partition coefficient (Wildman–Crippen LogP) is 1.94. The number of anilines is 1. The van der Waals surface area contributed by atoms with Crippen LogP contribution in [0.5, 0.6) is 0 Å². The monoisotopic (exact) mass is 276 g/mol. The van der Waals surface area contributed by atoms with E-state index < -0.39 is 0 Å². The maximum atomic E-state index is 11.9. The highest BCUT2D eigenvalue weighted by molar-refractivity contribution is 5.96. The highest BCUT2D eigenvalue weighted by atomic mass is 16.5. The number of rotatable bonds is 4. The maximum absolute atomic E-state index is 11.9. The molecule has 2 N–H and O–H groups in total.